The predicted molar refractivity (Wildman–Crippen MR) is 63.5 cm³/mol. The molecule has 82 valence electrons. The maximum absolute atomic E-state index is 5.79. The largest absolute Gasteiger partial charge is 0.300 e. The van der Waals surface area contributed by atoms with Crippen LogP contribution in [0.15, 0.2) is 25.0 Å². The summed E-state index contributed by atoms with van der Waals surface area (Å²) in [6.07, 6.45) is 0. The molecule has 3 aliphatic rings. The molecule has 0 aromatic heterocycles. The van der Waals surface area contributed by atoms with Gasteiger partial charge in [0, 0.05) is 0 Å². The van der Waals surface area contributed by atoms with E-state index in [1.807, 2.05) is 0 Å². The molecule has 0 aromatic rings. The fourth-order valence-electron chi connectivity index (χ4n) is 1.31. The lowest BCUT2D eigenvalue weighted by Gasteiger charge is -2.31. The lowest BCUT2D eigenvalue weighted by atomic mass is 10.5. The van der Waals surface area contributed by atoms with Crippen LogP contribution < -0.4 is 5.32 Å². The molecule has 16 heavy (non-hydrogen) atoms. The van der Waals surface area contributed by atoms with Crippen molar-refractivity contribution in [1.82, 2.24) is 10.2 Å². The van der Waals surface area contributed by atoms with Crippen molar-refractivity contribution >= 4 is 63.3 Å². The lowest BCUT2D eigenvalue weighted by molar-refractivity contribution is 0.745. The normalized spacial score (nSPS) is 26.8. The van der Waals surface area contributed by atoms with E-state index >= 15 is 0 Å². The van der Waals surface area contributed by atoms with Crippen molar-refractivity contribution in [2.24, 2.45) is 25.0 Å². The molecular weight excluding hydrogens is 276 g/mol. The van der Waals surface area contributed by atoms with Gasteiger partial charge in [-0.25, -0.2) is 14.9 Å². The fourth-order valence-corrected chi connectivity index (χ4v) is 1.80. The van der Waals surface area contributed by atoms with Gasteiger partial charge in [0.05, 0.1) is 0 Å². The third-order valence-corrected chi connectivity index (χ3v) is 2.40. The first kappa shape index (κ1) is 10.0. The van der Waals surface area contributed by atoms with Gasteiger partial charge in [0.1, 0.15) is 0 Å². The van der Waals surface area contributed by atoms with Crippen LogP contribution in [0.2, 0.25) is 0 Å². The second-order valence-electron chi connectivity index (χ2n) is 2.85. The zero-order chi connectivity index (χ0) is 11.3. The molecule has 7 nitrogen and oxygen atoms in total. The molecule has 0 aromatic carbocycles. The zero-order valence-electron chi connectivity index (χ0n) is 7.39. The quantitative estimate of drug-likeness (QED) is 0.523. The van der Waals surface area contributed by atoms with Crippen molar-refractivity contribution in [3.63, 3.8) is 0 Å². The first-order valence-electron chi connectivity index (χ1n) is 4.07. The van der Waals surface area contributed by atoms with Gasteiger partial charge in [-0.3, -0.25) is 5.32 Å². The van der Waals surface area contributed by atoms with Gasteiger partial charge < -0.3 is 0 Å². The number of hydrogen-bond acceptors (Lipinski definition) is 7. The Bertz CT molecular complexity index is 516. The van der Waals surface area contributed by atoms with E-state index in [0.29, 0.717) is 5.96 Å². The van der Waals surface area contributed by atoms with E-state index in [1.54, 1.807) is 0 Å². The van der Waals surface area contributed by atoms with Crippen molar-refractivity contribution in [3.05, 3.63) is 0 Å². The van der Waals surface area contributed by atoms with Crippen LogP contribution >= 0.6 is 34.8 Å². The van der Waals surface area contributed by atoms with Gasteiger partial charge >= 0.3 is 0 Å². The smallest absolute Gasteiger partial charge is 0.240 e. The summed E-state index contributed by atoms with van der Waals surface area (Å²) < 4.78 is 0. The Kier molecular flexibility index (Phi) is 2.13. The summed E-state index contributed by atoms with van der Waals surface area (Å²) in [5.74, 6) is 0.905. The Balaban J connectivity index is 2.17. The molecule has 1 atom stereocenters. The molecule has 1 N–H and O–H groups in total. The van der Waals surface area contributed by atoms with E-state index in [9.17, 15) is 0 Å². The molecule has 0 aliphatic carbocycles. The number of rotatable bonds is 0. The number of nitrogens with one attached hydrogen (secondary N) is 1. The number of aliphatic imine (C=N–C) groups is 5. The molecule has 3 aliphatic heterocycles. The summed E-state index contributed by atoms with van der Waals surface area (Å²) in [6.45, 7) is 0. The monoisotopic (exact) mass is 277 g/mol. The number of guanidine groups is 3. The maximum Gasteiger partial charge on any atom is 0.240 e. The van der Waals surface area contributed by atoms with Gasteiger partial charge in [0.2, 0.25) is 34.1 Å². The molecule has 0 fully saturated rings. The van der Waals surface area contributed by atoms with Crippen molar-refractivity contribution in [1.29, 1.82) is 0 Å². The highest BCUT2D eigenvalue weighted by molar-refractivity contribution is 6.69. The van der Waals surface area contributed by atoms with Gasteiger partial charge in [-0.1, -0.05) is 11.6 Å². The van der Waals surface area contributed by atoms with Crippen LogP contribution in [0, 0.1) is 0 Å². The second kappa shape index (κ2) is 3.41. The molecule has 0 spiro atoms. The number of hydrogen-bond donors (Lipinski definition) is 1. The van der Waals surface area contributed by atoms with Gasteiger partial charge in [0.25, 0.3) is 0 Å². The van der Waals surface area contributed by atoms with Crippen LogP contribution in [0.4, 0.5) is 0 Å². The topological polar surface area (TPSA) is 77.1 Å². The first-order chi connectivity index (χ1) is 7.63. The van der Waals surface area contributed by atoms with Gasteiger partial charge in [-0.2, -0.15) is 15.0 Å². The minimum atomic E-state index is -0.792. The molecule has 3 rings (SSSR count). The highest BCUT2D eigenvalue weighted by Gasteiger charge is 2.35. The maximum atomic E-state index is 5.79. The van der Waals surface area contributed by atoms with Crippen molar-refractivity contribution in [2.75, 3.05) is 0 Å². The van der Waals surface area contributed by atoms with E-state index < -0.39 is 5.62 Å². The molecule has 0 saturated heterocycles. The van der Waals surface area contributed by atoms with Crippen LogP contribution in [0.25, 0.3) is 0 Å². The molecule has 0 bridgehead atoms. The Labute approximate surface area is 104 Å². The number of halogens is 3. The molecule has 0 radical (unpaired) electrons. The van der Waals surface area contributed by atoms with Crippen molar-refractivity contribution in [3.8, 4) is 0 Å². The summed E-state index contributed by atoms with van der Waals surface area (Å²) in [5, 5.41) is 2.88. The third kappa shape index (κ3) is 1.48. The third-order valence-electron chi connectivity index (χ3n) is 1.86. The van der Waals surface area contributed by atoms with E-state index in [1.165, 1.54) is 4.90 Å². The molecule has 0 amide bonds. The Morgan fingerprint density at radius 3 is 2.50 bits per heavy atom. The number of nitrogens with zero attached hydrogens (tertiary/aromatic N) is 6. The van der Waals surface area contributed by atoms with Crippen LogP contribution in [0.1, 0.15) is 0 Å². The molecule has 0 saturated carbocycles. The summed E-state index contributed by atoms with van der Waals surface area (Å²) >= 11 is 17.3. The van der Waals surface area contributed by atoms with Gasteiger partial charge in [-0.05, 0) is 23.2 Å². The minimum absolute atomic E-state index is 0.0361. The van der Waals surface area contributed by atoms with Gasteiger partial charge in [-0.15, -0.1) is 0 Å². The van der Waals surface area contributed by atoms with E-state index in [0.717, 1.165) is 0 Å². The number of alkyl halides is 1. The van der Waals surface area contributed by atoms with E-state index in [2.05, 4.69) is 30.3 Å². The first-order valence-corrected chi connectivity index (χ1v) is 5.26. The van der Waals surface area contributed by atoms with Crippen LogP contribution in [-0.2, 0) is 0 Å². The molecular formula is C6H2Cl3N7. The second-order valence-corrected chi connectivity index (χ2v) is 3.93. The standard InChI is InChI=1S/C6H2Cl3N7/c7-1-10-4-12-2(8)14-6-15-3(9)13-5(11-1)16(4)6/h1H,(H,10,11,12,13,14,15). The summed E-state index contributed by atoms with van der Waals surface area (Å²) in [5.41, 5.74) is -0.792. The summed E-state index contributed by atoms with van der Waals surface area (Å²) in [7, 11) is 0. The Morgan fingerprint density at radius 2 is 1.75 bits per heavy atom. The summed E-state index contributed by atoms with van der Waals surface area (Å²) in [6, 6.07) is 0. The van der Waals surface area contributed by atoms with Crippen LogP contribution in [0.5, 0.6) is 0 Å². The molecule has 10 heteroatoms. The van der Waals surface area contributed by atoms with Crippen molar-refractivity contribution < 1.29 is 0 Å². The molecule has 3 heterocycles. The van der Waals surface area contributed by atoms with E-state index in [-0.39, 0.29) is 22.5 Å². The van der Waals surface area contributed by atoms with Crippen molar-refractivity contribution in [2.45, 2.75) is 5.62 Å². The molecule has 1 unspecified atom stereocenters. The average molecular weight is 278 g/mol. The fraction of sp³-hybridized carbons (Fsp3) is 0.167. The number of amidine groups is 2. The Hall–Kier alpha value is -1.18. The van der Waals surface area contributed by atoms with E-state index in [4.69, 9.17) is 34.8 Å². The van der Waals surface area contributed by atoms with Gasteiger partial charge in [0.15, 0.2) is 0 Å². The highest BCUT2D eigenvalue weighted by atomic mass is 35.5. The van der Waals surface area contributed by atoms with Crippen LogP contribution in [0.3, 0.4) is 0 Å². The highest BCUT2D eigenvalue weighted by Crippen LogP contribution is 2.19. The summed E-state index contributed by atoms with van der Waals surface area (Å²) in [4.78, 5) is 21.2. The SMILES string of the molecule is ClC1=NC2=NC(Cl)N=C3N=C(Cl)NC(=N1)N23. The zero-order valence-corrected chi connectivity index (χ0v) is 9.66. The minimum Gasteiger partial charge on any atom is -0.300 e. The Morgan fingerprint density at radius 1 is 1.06 bits per heavy atom. The predicted octanol–water partition coefficient (Wildman–Crippen LogP) is 0.699. The lowest BCUT2D eigenvalue weighted by Crippen LogP contribution is -2.55. The average Bonchev–Trinajstić information content (AvgIpc) is 2.14. The van der Waals surface area contributed by atoms with Crippen LogP contribution in [-0.4, -0.2) is 39.0 Å².